The maximum Gasteiger partial charge on any atom is 0.453 e. The molecule has 2 aromatic heterocycles. The Kier molecular flexibility index (Phi) is 4.00. The number of fused-ring (bicyclic) bond motifs is 1. The van der Waals surface area contributed by atoms with E-state index in [2.05, 4.69) is 15.3 Å². The normalized spacial score (nSPS) is 11.6. The molecule has 0 unspecified atom stereocenters. The SMILES string of the molecule is Cc1c(Oc2cccc(Cl)c2C#N)nn2c(C(F)(F)F)nnc2c1C. The van der Waals surface area contributed by atoms with Crippen LogP contribution in [-0.4, -0.2) is 19.8 Å². The van der Waals surface area contributed by atoms with Gasteiger partial charge < -0.3 is 4.74 Å². The number of alkyl halides is 3. The largest absolute Gasteiger partial charge is 0.453 e. The van der Waals surface area contributed by atoms with Crippen LogP contribution in [0.5, 0.6) is 11.6 Å². The molecule has 0 saturated carbocycles. The van der Waals surface area contributed by atoms with Gasteiger partial charge in [-0.1, -0.05) is 17.7 Å². The number of aryl methyl sites for hydroxylation is 1. The molecule has 3 rings (SSSR count). The van der Waals surface area contributed by atoms with E-state index in [1.807, 2.05) is 6.07 Å². The molecule has 0 atom stereocenters. The topological polar surface area (TPSA) is 76.1 Å². The van der Waals surface area contributed by atoms with E-state index in [4.69, 9.17) is 16.3 Å². The fourth-order valence-electron chi connectivity index (χ4n) is 2.18. The first-order valence-electron chi connectivity index (χ1n) is 6.90. The van der Waals surface area contributed by atoms with E-state index in [1.165, 1.54) is 12.1 Å². The second-order valence-corrected chi connectivity index (χ2v) is 5.55. The van der Waals surface area contributed by atoms with Crippen molar-refractivity contribution in [2.75, 3.05) is 0 Å². The van der Waals surface area contributed by atoms with Crippen molar-refractivity contribution in [3.63, 3.8) is 0 Å². The minimum atomic E-state index is -4.72. The van der Waals surface area contributed by atoms with Gasteiger partial charge in [-0.05, 0) is 26.0 Å². The molecule has 10 heteroatoms. The van der Waals surface area contributed by atoms with Gasteiger partial charge in [0.1, 0.15) is 17.4 Å². The molecule has 6 nitrogen and oxygen atoms in total. The lowest BCUT2D eigenvalue weighted by molar-refractivity contribution is -0.146. The summed E-state index contributed by atoms with van der Waals surface area (Å²) >= 11 is 5.93. The molecule has 0 aliphatic rings. The van der Waals surface area contributed by atoms with E-state index in [0.717, 1.165) is 0 Å². The van der Waals surface area contributed by atoms with Crippen molar-refractivity contribution < 1.29 is 17.9 Å². The first-order valence-corrected chi connectivity index (χ1v) is 7.28. The number of benzene rings is 1. The molecule has 0 aliphatic carbocycles. The number of hydrogen-bond acceptors (Lipinski definition) is 5. The van der Waals surface area contributed by atoms with Crippen molar-refractivity contribution >= 4 is 17.2 Å². The number of hydrogen-bond donors (Lipinski definition) is 0. The van der Waals surface area contributed by atoms with Crippen molar-refractivity contribution in [2.45, 2.75) is 20.0 Å². The Morgan fingerprint density at radius 2 is 1.92 bits per heavy atom. The van der Waals surface area contributed by atoms with E-state index in [-0.39, 0.29) is 27.9 Å². The standard InChI is InChI=1S/C15H9ClF3N5O/c1-7-8(2)13(25-11-5-3-4-10(16)9(11)6-20)23-24-12(7)21-22-14(24)15(17,18)19/h3-5H,1-2H3. The maximum absolute atomic E-state index is 13.0. The molecule has 1 aromatic carbocycles. The van der Waals surface area contributed by atoms with Crippen LogP contribution in [0.3, 0.4) is 0 Å². The second-order valence-electron chi connectivity index (χ2n) is 5.14. The third kappa shape index (κ3) is 2.85. The molecule has 0 aliphatic heterocycles. The van der Waals surface area contributed by atoms with Crippen LogP contribution in [0.25, 0.3) is 5.65 Å². The Balaban J connectivity index is 2.19. The number of halogens is 4. The number of rotatable bonds is 2. The Hall–Kier alpha value is -2.86. The molecular weight excluding hydrogens is 359 g/mol. The van der Waals surface area contributed by atoms with Crippen molar-refractivity contribution in [3.8, 4) is 17.7 Å². The molecule has 0 N–H and O–H groups in total. The third-order valence-electron chi connectivity index (χ3n) is 3.60. The summed E-state index contributed by atoms with van der Waals surface area (Å²) in [4.78, 5) is 0. The lowest BCUT2D eigenvalue weighted by Crippen LogP contribution is -2.13. The van der Waals surface area contributed by atoms with Gasteiger partial charge in [-0.15, -0.1) is 15.3 Å². The van der Waals surface area contributed by atoms with Crippen LogP contribution in [0.2, 0.25) is 5.02 Å². The Morgan fingerprint density at radius 3 is 2.56 bits per heavy atom. The minimum Gasteiger partial charge on any atom is -0.436 e. The van der Waals surface area contributed by atoms with Crippen LogP contribution in [0.15, 0.2) is 18.2 Å². The monoisotopic (exact) mass is 367 g/mol. The number of nitriles is 1. The van der Waals surface area contributed by atoms with E-state index in [0.29, 0.717) is 15.6 Å². The number of ether oxygens (including phenoxy) is 1. The molecule has 3 aromatic rings. The zero-order chi connectivity index (χ0) is 18.4. The van der Waals surface area contributed by atoms with Crippen molar-refractivity contribution in [1.82, 2.24) is 19.8 Å². The van der Waals surface area contributed by atoms with Crippen LogP contribution in [0.4, 0.5) is 13.2 Å². The van der Waals surface area contributed by atoms with E-state index < -0.39 is 12.0 Å². The molecule has 0 radical (unpaired) electrons. The average molecular weight is 368 g/mol. The summed E-state index contributed by atoms with van der Waals surface area (Å²) in [7, 11) is 0. The minimum absolute atomic E-state index is 0.0243. The molecular formula is C15H9ClF3N5O. The highest BCUT2D eigenvalue weighted by Gasteiger charge is 2.38. The summed E-state index contributed by atoms with van der Waals surface area (Å²) in [5.41, 5.74) is 0.928. The Morgan fingerprint density at radius 1 is 1.20 bits per heavy atom. The van der Waals surface area contributed by atoms with Crippen LogP contribution in [-0.2, 0) is 6.18 Å². The van der Waals surface area contributed by atoms with Gasteiger partial charge in [0.05, 0.1) is 5.02 Å². The number of nitrogens with zero attached hydrogens (tertiary/aromatic N) is 5. The summed E-state index contributed by atoms with van der Waals surface area (Å²) in [5.74, 6) is -1.28. The van der Waals surface area contributed by atoms with E-state index >= 15 is 0 Å². The van der Waals surface area contributed by atoms with E-state index in [1.54, 1.807) is 19.9 Å². The highest BCUT2D eigenvalue weighted by molar-refractivity contribution is 6.31. The van der Waals surface area contributed by atoms with Crippen LogP contribution >= 0.6 is 11.6 Å². The zero-order valence-corrected chi connectivity index (χ0v) is 13.6. The summed E-state index contributed by atoms with van der Waals surface area (Å²) in [6.45, 7) is 3.20. The number of aromatic nitrogens is 4. The quantitative estimate of drug-likeness (QED) is 0.682. The van der Waals surface area contributed by atoms with Gasteiger partial charge in [0.2, 0.25) is 5.88 Å². The highest BCUT2D eigenvalue weighted by Crippen LogP contribution is 2.33. The van der Waals surface area contributed by atoms with Crippen molar-refractivity contribution in [2.24, 2.45) is 0 Å². The van der Waals surface area contributed by atoms with E-state index in [9.17, 15) is 18.4 Å². The fraction of sp³-hybridized carbons (Fsp3) is 0.200. The summed E-state index contributed by atoms with van der Waals surface area (Å²) in [6, 6.07) is 6.42. The van der Waals surface area contributed by atoms with Gasteiger partial charge in [-0.2, -0.15) is 22.9 Å². The highest BCUT2D eigenvalue weighted by atomic mass is 35.5. The molecule has 0 fully saturated rings. The maximum atomic E-state index is 13.0. The molecule has 25 heavy (non-hydrogen) atoms. The van der Waals surface area contributed by atoms with Gasteiger partial charge in [0.15, 0.2) is 5.65 Å². The average Bonchev–Trinajstić information content (AvgIpc) is 2.96. The molecule has 128 valence electrons. The molecule has 0 saturated heterocycles. The van der Waals surface area contributed by atoms with Gasteiger partial charge in [0, 0.05) is 11.1 Å². The fourth-order valence-corrected chi connectivity index (χ4v) is 2.39. The first-order chi connectivity index (χ1) is 11.7. The summed E-state index contributed by atoms with van der Waals surface area (Å²) < 4.78 is 45.3. The predicted octanol–water partition coefficient (Wildman–Crippen LogP) is 4.08. The molecule has 0 bridgehead atoms. The lowest BCUT2D eigenvalue weighted by atomic mass is 10.2. The van der Waals surface area contributed by atoms with Gasteiger partial charge >= 0.3 is 6.18 Å². The summed E-state index contributed by atoms with van der Waals surface area (Å²) in [5, 5.41) is 19.9. The smallest absolute Gasteiger partial charge is 0.436 e. The van der Waals surface area contributed by atoms with Gasteiger partial charge in [-0.3, -0.25) is 0 Å². The van der Waals surface area contributed by atoms with Crippen LogP contribution in [0.1, 0.15) is 22.5 Å². The van der Waals surface area contributed by atoms with Crippen LogP contribution in [0, 0.1) is 25.2 Å². The van der Waals surface area contributed by atoms with Gasteiger partial charge in [-0.25, -0.2) is 0 Å². The van der Waals surface area contributed by atoms with Gasteiger partial charge in [0.25, 0.3) is 5.82 Å². The third-order valence-corrected chi connectivity index (χ3v) is 3.91. The second kappa shape index (κ2) is 5.89. The van der Waals surface area contributed by atoms with Crippen molar-refractivity contribution in [1.29, 1.82) is 5.26 Å². The molecule has 2 heterocycles. The Labute approximate surface area is 144 Å². The summed E-state index contributed by atoms with van der Waals surface area (Å²) in [6.07, 6.45) is -4.72. The Bertz CT molecular complexity index is 1020. The predicted molar refractivity (Wildman–Crippen MR) is 81.5 cm³/mol. The first kappa shape index (κ1) is 17.0. The molecule has 0 spiro atoms. The van der Waals surface area contributed by atoms with Crippen LogP contribution < -0.4 is 4.74 Å². The lowest BCUT2D eigenvalue weighted by Gasteiger charge is -2.12. The van der Waals surface area contributed by atoms with Crippen molar-refractivity contribution in [3.05, 3.63) is 45.7 Å². The molecule has 0 amide bonds. The zero-order valence-electron chi connectivity index (χ0n) is 12.9.